The van der Waals surface area contributed by atoms with Crippen LogP contribution in [0.15, 0.2) is 36.7 Å². The molecule has 2 heterocycles. The van der Waals surface area contributed by atoms with Gasteiger partial charge in [0.1, 0.15) is 23.4 Å². The molecule has 0 spiro atoms. The quantitative estimate of drug-likeness (QED) is 0.551. The summed E-state index contributed by atoms with van der Waals surface area (Å²) >= 11 is 0. The number of nitrogens with one attached hydrogen (secondary N) is 2. The number of amides is 2. The lowest BCUT2D eigenvalue weighted by Crippen LogP contribution is -2.47. The Morgan fingerprint density at radius 1 is 1.05 bits per heavy atom. The average Bonchev–Trinajstić information content (AvgIpc) is 2.88. The molecule has 1 aromatic carbocycles. The first-order chi connectivity index (χ1) is 17.7. The first-order valence-corrected chi connectivity index (χ1v) is 13.6. The molecule has 2 aliphatic rings. The van der Waals surface area contributed by atoms with Crippen molar-refractivity contribution in [2.45, 2.75) is 83.8 Å². The molecule has 0 radical (unpaired) electrons. The molecule has 1 aromatic heterocycles. The average molecular weight is 508 g/mol. The van der Waals surface area contributed by atoms with E-state index in [0.717, 1.165) is 17.9 Å². The Bertz CT molecular complexity index is 1060. The Morgan fingerprint density at radius 3 is 2.49 bits per heavy atom. The molecule has 0 bridgehead atoms. The fourth-order valence-electron chi connectivity index (χ4n) is 5.44. The van der Waals surface area contributed by atoms with Gasteiger partial charge in [-0.2, -0.15) is 0 Å². The number of alkyl carbamates (subject to hydrolysis) is 1. The van der Waals surface area contributed by atoms with Crippen LogP contribution in [-0.2, 0) is 4.74 Å². The van der Waals surface area contributed by atoms with E-state index in [1.165, 1.54) is 37.6 Å². The molecule has 1 aliphatic heterocycles. The summed E-state index contributed by atoms with van der Waals surface area (Å²) in [6, 6.07) is 10.8. The second kappa shape index (κ2) is 11.9. The normalized spacial score (nSPS) is 20.8. The SMILES string of the molecule is Cc1c(NCC2CCCC(c3ccccc3)C2)ncnc1C(=O)N1CCC(NC(=O)OC(C)(C)C)CC1. The van der Waals surface area contributed by atoms with Crippen LogP contribution in [0, 0.1) is 12.8 Å². The number of ether oxygens (including phenoxy) is 1. The van der Waals surface area contributed by atoms with Crippen molar-refractivity contribution in [3.05, 3.63) is 53.5 Å². The Hall–Kier alpha value is -3.16. The lowest BCUT2D eigenvalue weighted by molar-refractivity contribution is 0.0473. The summed E-state index contributed by atoms with van der Waals surface area (Å²) in [5.74, 6) is 1.84. The molecule has 200 valence electrons. The third-order valence-corrected chi connectivity index (χ3v) is 7.40. The van der Waals surface area contributed by atoms with Crippen LogP contribution in [-0.4, -0.2) is 58.1 Å². The van der Waals surface area contributed by atoms with E-state index >= 15 is 0 Å². The molecule has 37 heavy (non-hydrogen) atoms. The van der Waals surface area contributed by atoms with E-state index < -0.39 is 11.7 Å². The van der Waals surface area contributed by atoms with Crippen molar-refractivity contribution in [2.75, 3.05) is 25.0 Å². The van der Waals surface area contributed by atoms with E-state index in [9.17, 15) is 9.59 Å². The van der Waals surface area contributed by atoms with Gasteiger partial charge >= 0.3 is 6.09 Å². The zero-order valence-corrected chi connectivity index (χ0v) is 22.6. The standard InChI is InChI=1S/C29H41N5O3/c1-20-25(27(35)34-15-13-24(14-16-34)33-28(36)37-29(2,3)4)31-19-32-26(20)30-18-21-9-8-12-23(17-21)22-10-6-5-7-11-22/h5-7,10-11,19,21,23-24H,8-9,12-18H2,1-4H3,(H,33,36)(H,30,31,32). The van der Waals surface area contributed by atoms with Crippen molar-refractivity contribution < 1.29 is 14.3 Å². The third kappa shape index (κ3) is 7.43. The number of anilines is 1. The van der Waals surface area contributed by atoms with Gasteiger partial charge in [-0.3, -0.25) is 4.79 Å². The van der Waals surface area contributed by atoms with E-state index in [2.05, 4.69) is 50.9 Å². The lowest BCUT2D eigenvalue weighted by atomic mass is 9.78. The van der Waals surface area contributed by atoms with Crippen molar-refractivity contribution in [2.24, 2.45) is 5.92 Å². The Balaban J connectivity index is 1.30. The zero-order chi connectivity index (χ0) is 26.4. The number of carbonyl (C=O) groups is 2. The molecule has 2 unspecified atom stereocenters. The van der Waals surface area contributed by atoms with Crippen LogP contribution in [0.25, 0.3) is 0 Å². The Morgan fingerprint density at radius 2 is 1.78 bits per heavy atom. The number of hydrogen-bond donors (Lipinski definition) is 2. The van der Waals surface area contributed by atoms with Gasteiger partial charge in [-0.1, -0.05) is 36.8 Å². The van der Waals surface area contributed by atoms with Crippen LogP contribution < -0.4 is 10.6 Å². The summed E-state index contributed by atoms with van der Waals surface area (Å²) in [7, 11) is 0. The van der Waals surface area contributed by atoms with Gasteiger partial charge in [0.25, 0.3) is 5.91 Å². The molecular weight excluding hydrogens is 466 g/mol. The number of piperidine rings is 1. The second-order valence-corrected chi connectivity index (χ2v) is 11.4. The summed E-state index contributed by atoms with van der Waals surface area (Å²) in [6.45, 7) is 9.42. The van der Waals surface area contributed by atoms with Crippen molar-refractivity contribution in [1.82, 2.24) is 20.2 Å². The molecular formula is C29H41N5O3. The van der Waals surface area contributed by atoms with Crippen molar-refractivity contribution >= 4 is 17.8 Å². The summed E-state index contributed by atoms with van der Waals surface area (Å²) in [4.78, 5) is 36.0. The maximum absolute atomic E-state index is 13.3. The maximum Gasteiger partial charge on any atom is 0.407 e. The molecule has 4 rings (SSSR count). The second-order valence-electron chi connectivity index (χ2n) is 11.4. The van der Waals surface area contributed by atoms with Crippen LogP contribution in [0.4, 0.5) is 10.6 Å². The molecule has 2 fully saturated rings. The molecule has 8 heteroatoms. The minimum absolute atomic E-state index is 0.00201. The van der Waals surface area contributed by atoms with Crippen LogP contribution in [0.2, 0.25) is 0 Å². The fraction of sp³-hybridized carbons (Fsp3) is 0.586. The molecule has 2 atom stereocenters. The molecule has 2 aromatic rings. The number of likely N-dealkylation sites (tertiary alicyclic amines) is 1. The van der Waals surface area contributed by atoms with E-state index in [0.29, 0.717) is 43.5 Å². The van der Waals surface area contributed by atoms with Crippen LogP contribution in [0.3, 0.4) is 0 Å². The van der Waals surface area contributed by atoms with E-state index in [4.69, 9.17) is 4.74 Å². The maximum atomic E-state index is 13.3. The van der Waals surface area contributed by atoms with Gasteiger partial charge < -0.3 is 20.3 Å². The van der Waals surface area contributed by atoms with E-state index in [1.54, 1.807) is 0 Å². The van der Waals surface area contributed by atoms with E-state index in [1.807, 2.05) is 32.6 Å². The fourth-order valence-corrected chi connectivity index (χ4v) is 5.44. The number of nitrogens with zero attached hydrogens (tertiary/aromatic N) is 3. The lowest BCUT2D eigenvalue weighted by Gasteiger charge is -2.33. The summed E-state index contributed by atoms with van der Waals surface area (Å²) in [6.07, 6.45) is 7.29. The first-order valence-electron chi connectivity index (χ1n) is 13.6. The topological polar surface area (TPSA) is 96.5 Å². The number of aromatic nitrogens is 2. The van der Waals surface area contributed by atoms with Gasteiger partial charge in [-0.15, -0.1) is 0 Å². The minimum atomic E-state index is -0.530. The summed E-state index contributed by atoms with van der Waals surface area (Å²) < 4.78 is 5.35. The van der Waals surface area contributed by atoms with Gasteiger partial charge in [0.05, 0.1) is 0 Å². The van der Waals surface area contributed by atoms with Crippen LogP contribution in [0.5, 0.6) is 0 Å². The molecule has 8 nitrogen and oxygen atoms in total. The van der Waals surface area contributed by atoms with Crippen molar-refractivity contribution in [3.8, 4) is 0 Å². The van der Waals surface area contributed by atoms with Crippen LogP contribution in [0.1, 0.15) is 86.8 Å². The number of rotatable bonds is 6. The van der Waals surface area contributed by atoms with Crippen LogP contribution >= 0.6 is 0 Å². The smallest absolute Gasteiger partial charge is 0.407 e. The Kier molecular flexibility index (Phi) is 8.67. The van der Waals surface area contributed by atoms with Crippen molar-refractivity contribution in [1.29, 1.82) is 0 Å². The Labute approximate surface area is 220 Å². The summed E-state index contributed by atoms with van der Waals surface area (Å²) in [5, 5.41) is 6.44. The molecule has 1 aliphatic carbocycles. The van der Waals surface area contributed by atoms with Gasteiger partial charge in [0, 0.05) is 31.2 Å². The largest absolute Gasteiger partial charge is 0.444 e. The predicted octanol–water partition coefficient (Wildman–Crippen LogP) is 5.30. The van der Waals surface area contributed by atoms with E-state index in [-0.39, 0.29) is 11.9 Å². The van der Waals surface area contributed by atoms with Gasteiger partial charge in [-0.25, -0.2) is 14.8 Å². The highest BCUT2D eigenvalue weighted by Crippen LogP contribution is 2.36. The highest BCUT2D eigenvalue weighted by molar-refractivity contribution is 5.94. The zero-order valence-electron chi connectivity index (χ0n) is 22.6. The minimum Gasteiger partial charge on any atom is -0.444 e. The molecule has 1 saturated carbocycles. The highest BCUT2D eigenvalue weighted by Gasteiger charge is 2.28. The number of hydrogen-bond acceptors (Lipinski definition) is 6. The van der Waals surface area contributed by atoms with Gasteiger partial charge in [-0.05, 0) is 77.2 Å². The highest BCUT2D eigenvalue weighted by atomic mass is 16.6. The van der Waals surface area contributed by atoms with Gasteiger partial charge in [0.2, 0.25) is 0 Å². The monoisotopic (exact) mass is 507 g/mol. The number of carbonyl (C=O) groups excluding carboxylic acids is 2. The third-order valence-electron chi connectivity index (χ3n) is 7.40. The molecule has 1 saturated heterocycles. The molecule has 2 amide bonds. The van der Waals surface area contributed by atoms with Crippen molar-refractivity contribution in [3.63, 3.8) is 0 Å². The predicted molar refractivity (Wildman–Crippen MR) is 145 cm³/mol. The van der Waals surface area contributed by atoms with Gasteiger partial charge in [0.15, 0.2) is 0 Å². The number of benzene rings is 1. The first kappa shape index (κ1) is 26.9. The molecule has 2 N–H and O–H groups in total. The summed E-state index contributed by atoms with van der Waals surface area (Å²) in [5.41, 5.74) is 2.14.